The van der Waals surface area contributed by atoms with Gasteiger partial charge < -0.3 is 10.5 Å². The van der Waals surface area contributed by atoms with Crippen molar-refractivity contribution in [2.75, 3.05) is 0 Å². The zero-order valence-corrected chi connectivity index (χ0v) is 14.5. The maximum Gasteiger partial charge on any atom is 0.161 e. The SMILES string of the molecule is N[C@H]1Cc2cc(Br)c3ccccc3c2OC1c1cc(F)c(F)cc1F. The molecule has 0 bridgehead atoms. The molecule has 25 heavy (non-hydrogen) atoms. The molecule has 0 aromatic heterocycles. The number of benzene rings is 3. The predicted molar refractivity (Wildman–Crippen MR) is 93.0 cm³/mol. The van der Waals surface area contributed by atoms with Crippen LogP contribution in [0.15, 0.2) is 46.9 Å². The van der Waals surface area contributed by atoms with Crippen LogP contribution in [-0.2, 0) is 6.42 Å². The van der Waals surface area contributed by atoms with E-state index in [9.17, 15) is 13.2 Å². The van der Waals surface area contributed by atoms with E-state index >= 15 is 0 Å². The van der Waals surface area contributed by atoms with Gasteiger partial charge in [0.25, 0.3) is 0 Å². The average molecular weight is 408 g/mol. The Morgan fingerprint density at radius 2 is 1.64 bits per heavy atom. The second kappa shape index (κ2) is 6.04. The maximum absolute atomic E-state index is 14.2. The first kappa shape index (κ1) is 16.4. The van der Waals surface area contributed by atoms with E-state index in [0.717, 1.165) is 26.9 Å². The Balaban J connectivity index is 1.86. The van der Waals surface area contributed by atoms with E-state index in [1.807, 2.05) is 30.3 Å². The highest BCUT2D eigenvalue weighted by atomic mass is 79.9. The molecule has 0 amide bonds. The van der Waals surface area contributed by atoms with Gasteiger partial charge in [0.05, 0.1) is 6.04 Å². The molecule has 6 heteroatoms. The molecule has 4 rings (SSSR count). The Kier molecular flexibility index (Phi) is 3.96. The number of hydrogen-bond acceptors (Lipinski definition) is 2. The average Bonchev–Trinajstić information content (AvgIpc) is 2.58. The first-order valence-corrected chi connectivity index (χ1v) is 8.52. The van der Waals surface area contributed by atoms with E-state index in [1.165, 1.54) is 0 Å². The zero-order valence-electron chi connectivity index (χ0n) is 12.9. The number of hydrogen-bond donors (Lipinski definition) is 1. The third kappa shape index (κ3) is 2.69. The van der Waals surface area contributed by atoms with Crippen LogP contribution in [-0.4, -0.2) is 6.04 Å². The summed E-state index contributed by atoms with van der Waals surface area (Å²) >= 11 is 3.54. The van der Waals surface area contributed by atoms with Crippen LogP contribution >= 0.6 is 15.9 Å². The van der Waals surface area contributed by atoms with E-state index < -0.39 is 29.6 Å². The fourth-order valence-corrected chi connectivity index (χ4v) is 3.90. The van der Waals surface area contributed by atoms with Crippen LogP contribution in [0.25, 0.3) is 10.8 Å². The highest BCUT2D eigenvalue weighted by Gasteiger charge is 2.33. The molecule has 2 nitrogen and oxygen atoms in total. The van der Waals surface area contributed by atoms with Gasteiger partial charge in [0.15, 0.2) is 11.6 Å². The third-order valence-electron chi connectivity index (χ3n) is 4.46. The van der Waals surface area contributed by atoms with Gasteiger partial charge in [-0.1, -0.05) is 40.2 Å². The topological polar surface area (TPSA) is 35.2 Å². The number of rotatable bonds is 1. The first-order valence-electron chi connectivity index (χ1n) is 7.72. The zero-order chi connectivity index (χ0) is 17.7. The van der Waals surface area contributed by atoms with Crippen molar-refractivity contribution in [2.45, 2.75) is 18.6 Å². The van der Waals surface area contributed by atoms with Crippen molar-refractivity contribution in [1.82, 2.24) is 0 Å². The molecule has 1 aliphatic rings. The Hall–Kier alpha value is -2.05. The van der Waals surface area contributed by atoms with Gasteiger partial charge in [0, 0.05) is 21.5 Å². The van der Waals surface area contributed by atoms with Gasteiger partial charge in [-0.25, -0.2) is 13.2 Å². The summed E-state index contributed by atoms with van der Waals surface area (Å²) in [7, 11) is 0. The number of nitrogens with two attached hydrogens (primary N) is 1. The van der Waals surface area contributed by atoms with E-state index in [-0.39, 0.29) is 5.56 Å². The molecule has 1 aliphatic heterocycles. The largest absolute Gasteiger partial charge is 0.483 e. The van der Waals surface area contributed by atoms with Gasteiger partial charge in [0.2, 0.25) is 0 Å². The lowest BCUT2D eigenvalue weighted by molar-refractivity contribution is 0.151. The monoisotopic (exact) mass is 407 g/mol. The summed E-state index contributed by atoms with van der Waals surface area (Å²) in [6.45, 7) is 0. The highest BCUT2D eigenvalue weighted by Crippen LogP contribution is 2.42. The summed E-state index contributed by atoms with van der Waals surface area (Å²) in [4.78, 5) is 0. The van der Waals surface area contributed by atoms with Crippen molar-refractivity contribution in [3.63, 3.8) is 0 Å². The predicted octanol–water partition coefficient (Wildman–Crippen LogP) is 5.02. The molecule has 2 N–H and O–H groups in total. The molecule has 0 spiro atoms. The van der Waals surface area contributed by atoms with Crippen molar-refractivity contribution < 1.29 is 17.9 Å². The minimum absolute atomic E-state index is 0.0796. The second-order valence-corrected chi connectivity index (χ2v) is 6.94. The lowest BCUT2D eigenvalue weighted by Crippen LogP contribution is -2.38. The fourth-order valence-electron chi connectivity index (χ4n) is 3.27. The molecular formula is C19H13BrF3NO. The quantitative estimate of drug-likeness (QED) is 0.574. The molecule has 0 saturated heterocycles. The molecule has 0 aliphatic carbocycles. The normalized spacial score (nSPS) is 19.6. The van der Waals surface area contributed by atoms with Gasteiger partial charge in [-0.05, 0) is 29.5 Å². The lowest BCUT2D eigenvalue weighted by atomic mass is 9.91. The van der Waals surface area contributed by atoms with Gasteiger partial charge in [-0.2, -0.15) is 0 Å². The third-order valence-corrected chi connectivity index (χ3v) is 5.11. The van der Waals surface area contributed by atoms with Crippen LogP contribution < -0.4 is 10.5 Å². The van der Waals surface area contributed by atoms with Crippen LogP contribution in [0.3, 0.4) is 0 Å². The molecule has 2 atom stereocenters. The van der Waals surface area contributed by atoms with Gasteiger partial charge in [-0.15, -0.1) is 0 Å². The van der Waals surface area contributed by atoms with E-state index in [1.54, 1.807) is 0 Å². The molecule has 0 saturated carbocycles. The Bertz CT molecular complexity index is 992. The van der Waals surface area contributed by atoms with E-state index in [0.29, 0.717) is 18.2 Å². The molecule has 1 heterocycles. The Morgan fingerprint density at radius 3 is 2.40 bits per heavy atom. The van der Waals surface area contributed by atoms with Gasteiger partial charge in [0.1, 0.15) is 17.7 Å². The van der Waals surface area contributed by atoms with Crippen LogP contribution in [0, 0.1) is 17.5 Å². The molecule has 3 aromatic rings. The molecule has 0 radical (unpaired) electrons. The van der Waals surface area contributed by atoms with Crippen LogP contribution in [0.1, 0.15) is 17.2 Å². The Morgan fingerprint density at radius 1 is 0.960 bits per heavy atom. The van der Waals surface area contributed by atoms with Crippen LogP contribution in [0.2, 0.25) is 0 Å². The van der Waals surface area contributed by atoms with E-state index in [2.05, 4.69) is 15.9 Å². The summed E-state index contributed by atoms with van der Waals surface area (Å²) < 4.78 is 47.9. The highest BCUT2D eigenvalue weighted by molar-refractivity contribution is 9.10. The summed E-state index contributed by atoms with van der Waals surface area (Å²) in [5.74, 6) is -2.64. The smallest absolute Gasteiger partial charge is 0.161 e. The number of ether oxygens (including phenoxy) is 1. The summed E-state index contributed by atoms with van der Waals surface area (Å²) in [6.07, 6.45) is -0.464. The summed E-state index contributed by atoms with van der Waals surface area (Å²) in [5.41, 5.74) is 6.96. The number of halogens is 4. The minimum atomic E-state index is -1.24. The van der Waals surface area contributed by atoms with Crippen molar-refractivity contribution in [3.05, 3.63) is 75.5 Å². The van der Waals surface area contributed by atoms with Crippen molar-refractivity contribution in [2.24, 2.45) is 5.73 Å². The fraction of sp³-hybridized carbons (Fsp3) is 0.158. The van der Waals surface area contributed by atoms with Gasteiger partial charge in [-0.3, -0.25) is 0 Å². The molecule has 3 aromatic carbocycles. The first-order chi connectivity index (χ1) is 12.0. The maximum atomic E-state index is 14.2. The molecule has 1 unspecified atom stereocenters. The molecule has 128 valence electrons. The van der Waals surface area contributed by atoms with Crippen molar-refractivity contribution in [3.8, 4) is 5.75 Å². The Labute approximate surface area is 150 Å². The lowest BCUT2D eigenvalue weighted by Gasteiger charge is -2.33. The minimum Gasteiger partial charge on any atom is -0.483 e. The number of fused-ring (bicyclic) bond motifs is 3. The summed E-state index contributed by atoms with van der Waals surface area (Å²) in [6, 6.07) is 10.3. The van der Waals surface area contributed by atoms with Crippen molar-refractivity contribution in [1.29, 1.82) is 0 Å². The van der Waals surface area contributed by atoms with Gasteiger partial charge >= 0.3 is 0 Å². The molecule has 0 fully saturated rings. The second-order valence-electron chi connectivity index (χ2n) is 6.09. The molecular weight excluding hydrogens is 395 g/mol. The standard InChI is InChI=1S/C19H13BrF3NO/c20-13-5-9-6-17(24)19(12-7-15(22)16(23)8-14(12)21)25-18(9)11-4-2-1-3-10(11)13/h1-5,7-8,17,19H,6,24H2/t17-,19?/m0/s1. The van der Waals surface area contributed by atoms with Crippen LogP contribution in [0.4, 0.5) is 13.2 Å². The van der Waals surface area contributed by atoms with Crippen molar-refractivity contribution >= 4 is 26.7 Å². The van der Waals surface area contributed by atoms with E-state index in [4.69, 9.17) is 10.5 Å². The van der Waals surface area contributed by atoms with Crippen LogP contribution in [0.5, 0.6) is 5.75 Å². The summed E-state index contributed by atoms with van der Waals surface area (Å²) in [5, 5.41) is 1.80.